The zero-order chi connectivity index (χ0) is 16.8. The zero-order valence-electron chi connectivity index (χ0n) is 12.6. The smallest absolute Gasteiger partial charge is 0.241 e. The van der Waals surface area contributed by atoms with Gasteiger partial charge in [0.15, 0.2) is 0 Å². The summed E-state index contributed by atoms with van der Waals surface area (Å²) in [4.78, 5) is 11.5. The van der Waals surface area contributed by atoms with Crippen LogP contribution in [0.15, 0.2) is 30.6 Å². The van der Waals surface area contributed by atoms with Gasteiger partial charge >= 0.3 is 0 Å². The van der Waals surface area contributed by atoms with Crippen molar-refractivity contribution in [1.29, 1.82) is 0 Å². The summed E-state index contributed by atoms with van der Waals surface area (Å²) < 4.78 is 14.6. The van der Waals surface area contributed by atoms with Crippen LogP contribution in [0.2, 0.25) is 5.02 Å². The molecular formula is C15H18ClFN4O2. The summed E-state index contributed by atoms with van der Waals surface area (Å²) in [5, 5.41) is 18.8. The van der Waals surface area contributed by atoms with Gasteiger partial charge in [-0.1, -0.05) is 17.7 Å². The van der Waals surface area contributed by atoms with Crippen LogP contribution in [0.5, 0.6) is 0 Å². The molecule has 0 aliphatic heterocycles. The molecule has 0 saturated carbocycles. The van der Waals surface area contributed by atoms with E-state index in [2.05, 4.69) is 15.7 Å². The minimum Gasteiger partial charge on any atom is -0.395 e. The zero-order valence-corrected chi connectivity index (χ0v) is 13.3. The maximum atomic E-state index is 13.1. The molecule has 8 heteroatoms. The predicted octanol–water partition coefficient (Wildman–Crippen LogP) is 1.96. The van der Waals surface area contributed by atoms with E-state index in [1.54, 1.807) is 18.5 Å². The first kappa shape index (κ1) is 17.2. The average molecular weight is 341 g/mol. The van der Waals surface area contributed by atoms with E-state index in [0.717, 1.165) is 5.56 Å². The molecule has 1 aromatic heterocycles. The van der Waals surface area contributed by atoms with Gasteiger partial charge < -0.3 is 15.7 Å². The first-order valence-corrected chi connectivity index (χ1v) is 7.49. The van der Waals surface area contributed by atoms with Crippen LogP contribution >= 0.6 is 11.6 Å². The highest BCUT2D eigenvalue weighted by molar-refractivity contribution is 6.31. The Balaban J connectivity index is 1.97. The molecule has 2 rings (SSSR count). The Bertz CT molecular complexity index is 677. The van der Waals surface area contributed by atoms with E-state index in [1.165, 1.54) is 16.8 Å². The molecule has 1 aromatic carbocycles. The fourth-order valence-corrected chi connectivity index (χ4v) is 2.43. The number of nitrogens with zero attached hydrogens (tertiary/aromatic N) is 2. The highest BCUT2D eigenvalue weighted by Gasteiger charge is 2.12. The number of anilines is 1. The number of benzene rings is 1. The standard InChI is InChI=1S/C15H18ClFN4O2/c1-10(13-3-2-11(17)6-14(13)16)20-12-7-19-21(8-12)9-15(23)18-4-5-22/h2-3,6-8,10,20,22H,4-5,9H2,1H3,(H,18,23). The van der Waals surface area contributed by atoms with E-state index < -0.39 is 0 Å². The third kappa shape index (κ3) is 4.94. The second-order valence-corrected chi connectivity index (χ2v) is 5.44. The number of carbonyl (C=O) groups excluding carboxylic acids is 1. The lowest BCUT2D eigenvalue weighted by Crippen LogP contribution is -2.30. The predicted molar refractivity (Wildman–Crippen MR) is 85.8 cm³/mol. The first-order chi connectivity index (χ1) is 11.0. The summed E-state index contributed by atoms with van der Waals surface area (Å²) in [7, 11) is 0. The lowest BCUT2D eigenvalue weighted by atomic mass is 10.1. The lowest BCUT2D eigenvalue weighted by Gasteiger charge is -2.15. The van der Waals surface area contributed by atoms with Crippen LogP contribution in [0.3, 0.4) is 0 Å². The third-order valence-corrected chi connectivity index (χ3v) is 3.51. The maximum Gasteiger partial charge on any atom is 0.241 e. The van der Waals surface area contributed by atoms with E-state index in [0.29, 0.717) is 10.7 Å². The Hall–Kier alpha value is -2.12. The summed E-state index contributed by atoms with van der Waals surface area (Å²) >= 11 is 6.04. The van der Waals surface area contributed by atoms with E-state index in [9.17, 15) is 9.18 Å². The fraction of sp³-hybridized carbons (Fsp3) is 0.333. The first-order valence-electron chi connectivity index (χ1n) is 7.11. The second-order valence-electron chi connectivity index (χ2n) is 5.03. The van der Waals surface area contributed by atoms with Gasteiger partial charge in [0.25, 0.3) is 0 Å². The number of hydrogen-bond acceptors (Lipinski definition) is 4. The molecule has 3 N–H and O–H groups in total. The molecule has 1 amide bonds. The van der Waals surface area contributed by atoms with E-state index in [1.807, 2.05) is 6.92 Å². The van der Waals surface area contributed by atoms with E-state index in [4.69, 9.17) is 16.7 Å². The van der Waals surface area contributed by atoms with Crippen LogP contribution in [-0.4, -0.2) is 33.9 Å². The summed E-state index contributed by atoms with van der Waals surface area (Å²) in [6.45, 7) is 2.07. The van der Waals surface area contributed by atoms with Crippen LogP contribution < -0.4 is 10.6 Å². The van der Waals surface area contributed by atoms with E-state index in [-0.39, 0.29) is 37.5 Å². The number of amides is 1. The summed E-state index contributed by atoms with van der Waals surface area (Å²) in [5.41, 5.74) is 1.48. The van der Waals surface area contributed by atoms with Crippen molar-refractivity contribution in [2.24, 2.45) is 0 Å². The quantitative estimate of drug-likeness (QED) is 0.720. The third-order valence-electron chi connectivity index (χ3n) is 3.18. The molecule has 1 atom stereocenters. The van der Waals surface area contributed by atoms with Crippen LogP contribution in [0.25, 0.3) is 0 Å². The normalized spacial score (nSPS) is 12.0. The molecule has 0 radical (unpaired) electrons. The number of nitrogens with one attached hydrogen (secondary N) is 2. The van der Waals surface area contributed by atoms with Gasteiger partial charge in [-0.15, -0.1) is 0 Å². The molecular weight excluding hydrogens is 323 g/mol. The Morgan fingerprint density at radius 1 is 1.52 bits per heavy atom. The number of aliphatic hydroxyl groups excluding tert-OH is 1. The highest BCUT2D eigenvalue weighted by Crippen LogP contribution is 2.26. The Labute approximate surface area is 138 Å². The van der Waals surface area contributed by atoms with Crippen LogP contribution in [-0.2, 0) is 11.3 Å². The molecule has 2 aromatic rings. The number of aliphatic hydroxyl groups is 1. The number of carbonyl (C=O) groups is 1. The van der Waals surface area contributed by atoms with Crippen molar-refractivity contribution in [3.63, 3.8) is 0 Å². The molecule has 0 saturated heterocycles. The van der Waals surface area contributed by atoms with Gasteiger partial charge in [-0.25, -0.2) is 4.39 Å². The topological polar surface area (TPSA) is 79.2 Å². The SMILES string of the molecule is CC(Nc1cnn(CC(=O)NCCO)c1)c1ccc(F)cc1Cl. The van der Waals surface area contributed by atoms with Crippen molar-refractivity contribution in [1.82, 2.24) is 15.1 Å². The van der Waals surface area contributed by atoms with Crippen LogP contribution in [0, 0.1) is 5.82 Å². The Kier molecular flexibility index (Phi) is 5.95. The van der Waals surface area contributed by atoms with Crippen LogP contribution in [0.4, 0.5) is 10.1 Å². The lowest BCUT2D eigenvalue weighted by molar-refractivity contribution is -0.122. The number of rotatable bonds is 7. The molecule has 0 aliphatic rings. The Morgan fingerprint density at radius 3 is 3.00 bits per heavy atom. The highest BCUT2D eigenvalue weighted by atomic mass is 35.5. The number of halogens is 2. The Morgan fingerprint density at radius 2 is 2.30 bits per heavy atom. The molecule has 0 aliphatic carbocycles. The van der Waals surface area contributed by atoms with Crippen molar-refractivity contribution in [3.05, 3.63) is 47.0 Å². The monoisotopic (exact) mass is 340 g/mol. The number of aromatic nitrogens is 2. The van der Waals surface area contributed by atoms with Gasteiger partial charge in [0.05, 0.1) is 24.5 Å². The molecule has 0 bridgehead atoms. The van der Waals surface area contributed by atoms with Gasteiger partial charge in [-0.3, -0.25) is 9.48 Å². The van der Waals surface area contributed by atoms with Crippen molar-refractivity contribution >= 4 is 23.2 Å². The van der Waals surface area contributed by atoms with Gasteiger partial charge in [0.2, 0.25) is 5.91 Å². The van der Waals surface area contributed by atoms with Crippen molar-refractivity contribution < 1.29 is 14.3 Å². The maximum absolute atomic E-state index is 13.1. The van der Waals surface area contributed by atoms with Crippen molar-refractivity contribution in [3.8, 4) is 0 Å². The molecule has 1 heterocycles. The van der Waals surface area contributed by atoms with Gasteiger partial charge in [0.1, 0.15) is 12.4 Å². The molecule has 0 spiro atoms. The minimum atomic E-state index is -0.382. The summed E-state index contributed by atoms with van der Waals surface area (Å²) in [6, 6.07) is 4.10. The van der Waals surface area contributed by atoms with Crippen molar-refractivity contribution in [2.75, 3.05) is 18.5 Å². The second kappa shape index (κ2) is 7.94. The van der Waals surface area contributed by atoms with Gasteiger partial charge in [-0.2, -0.15) is 5.10 Å². The number of hydrogen-bond donors (Lipinski definition) is 3. The molecule has 23 heavy (non-hydrogen) atoms. The molecule has 1 unspecified atom stereocenters. The largest absolute Gasteiger partial charge is 0.395 e. The minimum absolute atomic E-state index is 0.0629. The van der Waals surface area contributed by atoms with Gasteiger partial charge in [0, 0.05) is 17.8 Å². The molecule has 6 nitrogen and oxygen atoms in total. The summed E-state index contributed by atoms with van der Waals surface area (Å²) in [5.74, 6) is -0.615. The van der Waals surface area contributed by atoms with Gasteiger partial charge in [-0.05, 0) is 24.6 Å². The molecule has 0 fully saturated rings. The summed E-state index contributed by atoms with van der Waals surface area (Å²) in [6.07, 6.45) is 3.28. The fourth-order valence-electron chi connectivity index (χ4n) is 2.10. The average Bonchev–Trinajstić information content (AvgIpc) is 2.91. The molecule has 124 valence electrons. The van der Waals surface area contributed by atoms with Crippen molar-refractivity contribution in [2.45, 2.75) is 19.5 Å². The van der Waals surface area contributed by atoms with Crippen LogP contribution in [0.1, 0.15) is 18.5 Å². The van der Waals surface area contributed by atoms with E-state index >= 15 is 0 Å².